The fraction of sp³-hybridized carbons (Fsp3) is 0.235. The van der Waals surface area contributed by atoms with Crippen LogP contribution >= 0.6 is 23.4 Å². The summed E-state index contributed by atoms with van der Waals surface area (Å²) in [6.45, 7) is 3.49. The third-order valence-electron chi connectivity index (χ3n) is 3.28. The van der Waals surface area contributed by atoms with E-state index in [1.54, 1.807) is 11.8 Å². The highest BCUT2D eigenvalue weighted by Crippen LogP contribution is 2.29. The molecule has 2 aromatic carbocycles. The number of ether oxygens (including phenoxy) is 1. The van der Waals surface area contributed by atoms with Crippen molar-refractivity contribution in [2.75, 3.05) is 12.3 Å². The van der Waals surface area contributed by atoms with E-state index in [-0.39, 0.29) is 0 Å². The monoisotopic (exact) mass is 317 g/mol. The predicted octanol–water partition coefficient (Wildman–Crippen LogP) is 4.72. The van der Waals surface area contributed by atoms with E-state index in [2.05, 4.69) is 36.2 Å². The Bertz CT molecular complexity index is 667. The summed E-state index contributed by atoms with van der Waals surface area (Å²) in [6, 6.07) is 14.2. The molecule has 0 radical (unpaired) electrons. The summed E-state index contributed by atoms with van der Waals surface area (Å²) in [5.41, 5.74) is 3.46. The Kier molecular flexibility index (Phi) is 4.51. The maximum absolute atomic E-state index is 6.31. The van der Waals surface area contributed by atoms with Gasteiger partial charge in [-0.25, -0.2) is 0 Å². The first-order valence-corrected chi connectivity index (χ1v) is 8.24. The number of nitrogens with zero attached hydrogens (tertiary/aromatic N) is 1. The van der Waals surface area contributed by atoms with Crippen molar-refractivity contribution in [3.05, 3.63) is 64.2 Å². The molecule has 0 bridgehead atoms. The summed E-state index contributed by atoms with van der Waals surface area (Å²) in [5.74, 6) is 1.77. The predicted molar refractivity (Wildman–Crippen MR) is 90.8 cm³/mol. The number of aliphatic imine (C=N–C) groups is 1. The average Bonchev–Trinajstić information content (AvgIpc) is 3.02. The molecule has 21 heavy (non-hydrogen) atoms. The lowest BCUT2D eigenvalue weighted by atomic mass is 10.2. The van der Waals surface area contributed by atoms with Gasteiger partial charge in [-0.3, -0.25) is 4.99 Å². The smallest absolute Gasteiger partial charge is 0.138 e. The first-order valence-electron chi connectivity index (χ1n) is 6.88. The van der Waals surface area contributed by atoms with E-state index >= 15 is 0 Å². The van der Waals surface area contributed by atoms with Crippen LogP contribution in [-0.2, 0) is 6.61 Å². The molecule has 108 valence electrons. The highest BCUT2D eigenvalue weighted by Gasteiger charge is 2.12. The van der Waals surface area contributed by atoms with Crippen molar-refractivity contribution < 1.29 is 4.74 Å². The first kappa shape index (κ1) is 14.5. The van der Waals surface area contributed by atoms with Crippen molar-refractivity contribution in [3.63, 3.8) is 0 Å². The summed E-state index contributed by atoms with van der Waals surface area (Å²) in [7, 11) is 0. The van der Waals surface area contributed by atoms with Crippen LogP contribution in [0.4, 0.5) is 0 Å². The minimum atomic E-state index is 0.523. The van der Waals surface area contributed by atoms with Gasteiger partial charge in [-0.2, -0.15) is 0 Å². The molecule has 0 aromatic heterocycles. The van der Waals surface area contributed by atoms with Gasteiger partial charge in [-0.1, -0.05) is 41.4 Å². The van der Waals surface area contributed by atoms with E-state index in [0.29, 0.717) is 17.4 Å². The minimum absolute atomic E-state index is 0.523. The largest absolute Gasteiger partial charge is 0.487 e. The van der Waals surface area contributed by atoms with Crippen molar-refractivity contribution in [3.8, 4) is 5.75 Å². The molecule has 0 saturated heterocycles. The van der Waals surface area contributed by atoms with Gasteiger partial charge in [0.15, 0.2) is 0 Å². The Balaban J connectivity index is 1.69. The van der Waals surface area contributed by atoms with Crippen molar-refractivity contribution in [1.82, 2.24) is 0 Å². The van der Waals surface area contributed by atoms with Gasteiger partial charge in [0.2, 0.25) is 0 Å². The second kappa shape index (κ2) is 6.54. The number of hydrogen-bond donors (Lipinski definition) is 0. The maximum Gasteiger partial charge on any atom is 0.138 e. The number of rotatable bonds is 4. The van der Waals surface area contributed by atoms with E-state index in [0.717, 1.165) is 28.5 Å². The summed E-state index contributed by atoms with van der Waals surface area (Å²) in [5, 5.41) is 1.71. The van der Waals surface area contributed by atoms with Crippen LogP contribution in [0.5, 0.6) is 5.75 Å². The number of halogens is 1. The molecule has 1 aliphatic rings. The van der Waals surface area contributed by atoms with E-state index in [9.17, 15) is 0 Å². The third-order valence-corrected chi connectivity index (χ3v) is 4.60. The Morgan fingerprint density at radius 1 is 1.19 bits per heavy atom. The topological polar surface area (TPSA) is 21.6 Å². The summed E-state index contributed by atoms with van der Waals surface area (Å²) in [6.07, 6.45) is 0. The van der Waals surface area contributed by atoms with Crippen LogP contribution in [0.25, 0.3) is 0 Å². The van der Waals surface area contributed by atoms with Crippen molar-refractivity contribution in [2.24, 2.45) is 4.99 Å². The molecule has 4 heteroatoms. The van der Waals surface area contributed by atoms with Gasteiger partial charge in [0.25, 0.3) is 0 Å². The van der Waals surface area contributed by atoms with E-state index in [4.69, 9.17) is 16.3 Å². The van der Waals surface area contributed by atoms with Crippen LogP contribution in [0, 0.1) is 6.92 Å². The Morgan fingerprint density at radius 3 is 2.67 bits per heavy atom. The molecule has 0 amide bonds. The second-order valence-corrected chi connectivity index (χ2v) is 6.45. The molecular weight excluding hydrogens is 302 g/mol. The molecule has 0 saturated carbocycles. The SMILES string of the molecule is Cc1ccc(COc2ccc(C3=NCCS3)cc2Cl)cc1. The molecule has 1 aliphatic heterocycles. The van der Waals surface area contributed by atoms with Crippen molar-refractivity contribution in [1.29, 1.82) is 0 Å². The summed E-state index contributed by atoms with van der Waals surface area (Å²) < 4.78 is 5.80. The van der Waals surface area contributed by atoms with Crippen LogP contribution in [0.15, 0.2) is 47.5 Å². The maximum atomic E-state index is 6.31. The molecule has 0 N–H and O–H groups in total. The molecule has 2 aromatic rings. The van der Waals surface area contributed by atoms with Crippen molar-refractivity contribution in [2.45, 2.75) is 13.5 Å². The quantitative estimate of drug-likeness (QED) is 0.813. The molecule has 3 rings (SSSR count). The molecule has 0 aliphatic carbocycles. The molecule has 0 unspecified atom stereocenters. The van der Waals surface area contributed by atoms with Gasteiger partial charge in [-0.15, -0.1) is 11.8 Å². The highest BCUT2D eigenvalue weighted by molar-refractivity contribution is 8.14. The third kappa shape index (κ3) is 3.60. The van der Waals surface area contributed by atoms with Gasteiger partial charge >= 0.3 is 0 Å². The molecular formula is C17H16ClNOS. The Morgan fingerprint density at radius 2 is 2.00 bits per heavy atom. The zero-order chi connectivity index (χ0) is 14.7. The lowest BCUT2D eigenvalue weighted by molar-refractivity contribution is 0.306. The minimum Gasteiger partial charge on any atom is -0.487 e. The number of benzene rings is 2. The van der Waals surface area contributed by atoms with Gasteiger partial charge in [0, 0.05) is 17.9 Å². The van der Waals surface area contributed by atoms with E-state index in [1.165, 1.54) is 5.56 Å². The van der Waals surface area contributed by atoms with Crippen LogP contribution in [0.3, 0.4) is 0 Å². The molecule has 2 nitrogen and oxygen atoms in total. The van der Waals surface area contributed by atoms with Crippen LogP contribution in [-0.4, -0.2) is 17.3 Å². The fourth-order valence-electron chi connectivity index (χ4n) is 2.11. The normalized spacial score (nSPS) is 14.1. The lowest BCUT2D eigenvalue weighted by Crippen LogP contribution is -1.98. The highest BCUT2D eigenvalue weighted by atomic mass is 35.5. The average molecular weight is 318 g/mol. The molecule has 0 spiro atoms. The molecule has 1 heterocycles. The van der Waals surface area contributed by atoms with Crippen LogP contribution in [0.1, 0.15) is 16.7 Å². The van der Waals surface area contributed by atoms with E-state index in [1.807, 2.05) is 18.2 Å². The summed E-state index contributed by atoms with van der Waals surface area (Å²) in [4.78, 5) is 4.46. The Hall–Kier alpha value is -1.45. The Labute approximate surface area is 134 Å². The van der Waals surface area contributed by atoms with E-state index < -0.39 is 0 Å². The first-order chi connectivity index (χ1) is 10.2. The van der Waals surface area contributed by atoms with Gasteiger partial charge in [-0.05, 0) is 30.7 Å². The van der Waals surface area contributed by atoms with Crippen molar-refractivity contribution >= 4 is 28.4 Å². The standard InChI is InChI=1S/C17H16ClNOS/c1-12-2-4-13(5-3-12)11-20-16-7-6-14(10-15(16)18)17-19-8-9-21-17/h2-7,10H,8-9,11H2,1H3. The summed E-state index contributed by atoms with van der Waals surface area (Å²) >= 11 is 8.08. The van der Waals surface area contributed by atoms with Gasteiger partial charge in [0.05, 0.1) is 10.1 Å². The zero-order valence-electron chi connectivity index (χ0n) is 11.8. The van der Waals surface area contributed by atoms with Crippen LogP contribution in [0.2, 0.25) is 5.02 Å². The second-order valence-electron chi connectivity index (χ2n) is 4.95. The zero-order valence-corrected chi connectivity index (χ0v) is 13.4. The van der Waals surface area contributed by atoms with Crippen LogP contribution < -0.4 is 4.74 Å². The van der Waals surface area contributed by atoms with Gasteiger partial charge in [0.1, 0.15) is 12.4 Å². The number of aryl methyl sites for hydroxylation is 1. The molecule has 0 atom stereocenters. The fourth-order valence-corrected chi connectivity index (χ4v) is 3.19. The molecule has 0 fully saturated rings. The lowest BCUT2D eigenvalue weighted by Gasteiger charge is -2.10. The number of hydrogen-bond acceptors (Lipinski definition) is 3. The number of thioether (sulfide) groups is 1. The van der Waals surface area contributed by atoms with Gasteiger partial charge < -0.3 is 4.74 Å².